The second-order valence-electron chi connectivity index (χ2n) is 5.13. The summed E-state index contributed by atoms with van der Waals surface area (Å²) < 4.78 is 0. The third-order valence-corrected chi connectivity index (χ3v) is 3.51. The Morgan fingerprint density at radius 2 is 1.88 bits per heavy atom. The molecule has 0 fully saturated rings. The molecule has 0 saturated carbocycles. The minimum atomic E-state index is -0.896. The zero-order valence-corrected chi connectivity index (χ0v) is 12.6. The Morgan fingerprint density at radius 3 is 2.54 bits per heavy atom. The van der Waals surface area contributed by atoms with E-state index in [1.54, 1.807) is 48.5 Å². The zero-order valence-electron chi connectivity index (χ0n) is 12.6. The maximum absolute atomic E-state index is 12.5. The third-order valence-electron chi connectivity index (χ3n) is 3.51. The summed E-state index contributed by atoms with van der Waals surface area (Å²) >= 11 is 0. The van der Waals surface area contributed by atoms with E-state index in [0.29, 0.717) is 17.0 Å². The van der Waals surface area contributed by atoms with E-state index in [4.69, 9.17) is 5.73 Å². The average Bonchev–Trinajstić information content (AvgIpc) is 3.15. The van der Waals surface area contributed by atoms with Gasteiger partial charge >= 0.3 is 0 Å². The Hall–Kier alpha value is -3.48. The van der Waals surface area contributed by atoms with E-state index < -0.39 is 17.9 Å². The molecule has 0 bridgehead atoms. The van der Waals surface area contributed by atoms with E-state index in [1.807, 2.05) is 6.07 Å². The van der Waals surface area contributed by atoms with Gasteiger partial charge in [-0.2, -0.15) is 5.10 Å². The maximum Gasteiger partial charge on any atom is 0.252 e. The first kappa shape index (κ1) is 15.4. The van der Waals surface area contributed by atoms with E-state index in [1.165, 1.54) is 6.33 Å². The highest BCUT2D eigenvalue weighted by atomic mass is 16.2. The van der Waals surface area contributed by atoms with Crippen LogP contribution in [0.3, 0.4) is 0 Å². The smallest absolute Gasteiger partial charge is 0.252 e. The highest BCUT2D eigenvalue weighted by Crippen LogP contribution is 2.17. The summed E-state index contributed by atoms with van der Waals surface area (Å²) in [5, 5.41) is 9.19. The van der Waals surface area contributed by atoms with Crippen LogP contribution >= 0.6 is 0 Å². The monoisotopic (exact) mass is 321 g/mol. The molecule has 0 spiro atoms. The molecular weight excluding hydrogens is 306 g/mol. The SMILES string of the molecule is NC(=O)C(NC(=O)c1cccc(-c2ncn[nH]2)c1)c1ccccc1. The van der Waals surface area contributed by atoms with Crippen LogP contribution in [-0.2, 0) is 4.79 Å². The molecule has 0 aliphatic carbocycles. The molecule has 1 unspecified atom stereocenters. The lowest BCUT2D eigenvalue weighted by Gasteiger charge is -2.16. The first-order valence-corrected chi connectivity index (χ1v) is 7.26. The molecule has 1 aromatic heterocycles. The molecule has 4 N–H and O–H groups in total. The Kier molecular flexibility index (Phi) is 4.33. The lowest BCUT2D eigenvalue weighted by molar-refractivity contribution is -0.120. The van der Waals surface area contributed by atoms with Crippen LogP contribution in [0.4, 0.5) is 0 Å². The molecule has 3 aromatic rings. The fourth-order valence-electron chi connectivity index (χ4n) is 2.33. The highest BCUT2D eigenvalue weighted by Gasteiger charge is 2.21. The normalized spacial score (nSPS) is 11.7. The number of primary amides is 1. The summed E-state index contributed by atoms with van der Waals surface area (Å²) in [5.74, 6) is -0.468. The van der Waals surface area contributed by atoms with Crippen LogP contribution in [0, 0.1) is 0 Å². The highest BCUT2D eigenvalue weighted by molar-refractivity contribution is 5.98. The van der Waals surface area contributed by atoms with E-state index in [2.05, 4.69) is 20.5 Å². The number of hydrogen-bond donors (Lipinski definition) is 3. The molecule has 1 heterocycles. The Labute approximate surface area is 137 Å². The van der Waals surface area contributed by atoms with Crippen molar-refractivity contribution in [3.8, 4) is 11.4 Å². The molecule has 0 radical (unpaired) electrons. The number of rotatable bonds is 5. The second-order valence-corrected chi connectivity index (χ2v) is 5.13. The number of carbonyl (C=O) groups is 2. The number of nitrogens with two attached hydrogens (primary N) is 1. The molecule has 3 rings (SSSR count). The van der Waals surface area contributed by atoms with Gasteiger partial charge in [-0.3, -0.25) is 14.7 Å². The van der Waals surface area contributed by atoms with Gasteiger partial charge in [0, 0.05) is 11.1 Å². The minimum absolute atomic E-state index is 0.395. The molecule has 0 aliphatic heterocycles. The van der Waals surface area contributed by atoms with Crippen LogP contribution in [0.25, 0.3) is 11.4 Å². The molecule has 7 heteroatoms. The van der Waals surface area contributed by atoms with Crippen LogP contribution in [0.5, 0.6) is 0 Å². The second kappa shape index (κ2) is 6.74. The first-order chi connectivity index (χ1) is 11.6. The van der Waals surface area contributed by atoms with Crippen molar-refractivity contribution in [1.82, 2.24) is 20.5 Å². The Morgan fingerprint density at radius 1 is 1.08 bits per heavy atom. The molecule has 24 heavy (non-hydrogen) atoms. The largest absolute Gasteiger partial charge is 0.368 e. The third kappa shape index (κ3) is 3.30. The summed E-state index contributed by atoms with van der Waals surface area (Å²) in [5.41, 5.74) is 7.17. The van der Waals surface area contributed by atoms with Crippen LogP contribution < -0.4 is 11.1 Å². The van der Waals surface area contributed by atoms with Crippen LogP contribution in [0.2, 0.25) is 0 Å². The van der Waals surface area contributed by atoms with E-state index >= 15 is 0 Å². The van der Waals surface area contributed by atoms with Gasteiger partial charge in [0.25, 0.3) is 5.91 Å². The number of hydrogen-bond acceptors (Lipinski definition) is 4. The van der Waals surface area contributed by atoms with Crippen molar-refractivity contribution < 1.29 is 9.59 Å². The van der Waals surface area contributed by atoms with E-state index in [0.717, 1.165) is 5.56 Å². The summed E-state index contributed by atoms with van der Waals surface area (Å²) in [6, 6.07) is 14.8. The van der Waals surface area contributed by atoms with Crippen molar-refractivity contribution >= 4 is 11.8 Å². The van der Waals surface area contributed by atoms with E-state index in [-0.39, 0.29) is 0 Å². The predicted octanol–water partition coefficient (Wildman–Crippen LogP) is 1.43. The van der Waals surface area contributed by atoms with Gasteiger partial charge in [-0.25, -0.2) is 4.98 Å². The van der Waals surface area contributed by atoms with Gasteiger partial charge in [0.2, 0.25) is 5.91 Å². The van der Waals surface area contributed by atoms with E-state index in [9.17, 15) is 9.59 Å². The molecule has 2 aromatic carbocycles. The summed E-state index contributed by atoms with van der Waals surface area (Å²) in [7, 11) is 0. The lowest BCUT2D eigenvalue weighted by Crippen LogP contribution is -2.37. The summed E-state index contributed by atoms with van der Waals surface area (Å²) in [4.78, 5) is 28.2. The van der Waals surface area contributed by atoms with Crippen molar-refractivity contribution in [1.29, 1.82) is 0 Å². The number of nitrogens with one attached hydrogen (secondary N) is 2. The van der Waals surface area contributed by atoms with Gasteiger partial charge in [0.05, 0.1) is 0 Å². The quantitative estimate of drug-likeness (QED) is 0.659. The van der Waals surface area contributed by atoms with Gasteiger partial charge in [-0.05, 0) is 17.7 Å². The number of aromatic amines is 1. The number of nitrogens with zero attached hydrogens (tertiary/aromatic N) is 2. The number of benzene rings is 2. The van der Waals surface area contributed by atoms with Gasteiger partial charge in [-0.1, -0.05) is 42.5 Å². The van der Waals surface area contributed by atoms with Crippen LogP contribution in [0.15, 0.2) is 60.9 Å². The minimum Gasteiger partial charge on any atom is -0.368 e. The molecule has 1 atom stereocenters. The van der Waals surface area contributed by atoms with Crippen LogP contribution in [0.1, 0.15) is 22.0 Å². The first-order valence-electron chi connectivity index (χ1n) is 7.26. The summed E-state index contributed by atoms with van der Waals surface area (Å²) in [6.45, 7) is 0. The number of H-pyrrole nitrogens is 1. The van der Waals surface area contributed by atoms with Crippen molar-refractivity contribution in [3.63, 3.8) is 0 Å². The predicted molar refractivity (Wildman–Crippen MR) is 87.7 cm³/mol. The fourth-order valence-corrected chi connectivity index (χ4v) is 2.33. The fraction of sp³-hybridized carbons (Fsp3) is 0.0588. The Balaban J connectivity index is 1.84. The standard InChI is InChI=1S/C17H15N5O2/c18-15(23)14(11-5-2-1-3-6-11)21-17(24)13-8-4-7-12(9-13)16-19-10-20-22-16/h1-10,14H,(H2,18,23)(H,21,24)(H,19,20,22). The number of carbonyl (C=O) groups excluding carboxylic acids is 2. The van der Waals surface area contributed by atoms with Gasteiger partial charge in [0.15, 0.2) is 5.82 Å². The maximum atomic E-state index is 12.5. The number of amides is 2. The van der Waals surface area contributed by atoms with Crippen molar-refractivity contribution in [2.24, 2.45) is 5.73 Å². The molecule has 2 amide bonds. The number of aromatic nitrogens is 3. The molecule has 0 aliphatic rings. The van der Waals surface area contributed by atoms with Crippen molar-refractivity contribution in [3.05, 3.63) is 72.1 Å². The van der Waals surface area contributed by atoms with Gasteiger partial charge < -0.3 is 11.1 Å². The molecule has 0 saturated heterocycles. The average molecular weight is 321 g/mol. The summed E-state index contributed by atoms with van der Waals surface area (Å²) in [6.07, 6.45) is 1.39. The Bertz CT molecular complexity index is 846. The van der Waals surface area contributed by atoms with Gasteiger partial charge in [-0.15, -0.1) is 0 Å². The topological polar surface area (TPSA) is 114 Å². The van der Waals surface area contributed by atoms with Crippen LogP contribution in [-0.4, -0.2) is 27.0 Å². The lowest BCUT2D eigenvalue weighted by atomic mass is 10.0. The molecule has 7 nitrogen and oxygen atoms in total. The molecule has 120 valence electrons. The van der Waals surface area contributed by atoms with Gasteiger partial charge in [0.1, 0.15) is 12.4 Å². The molecular formula is C17H15N5O2. The van der Waals surface area contributed by atoms with Crippen molar-refractivity contribution in [2.45, 2.75) is 6.04 Å². The zero-order chi connectivity index (χ0) is 16.9. The van der Waals surface area contributed by atoms with Crippen molar-refractivity contribution in [2.75, 3.05) is 0 Å².